The predicted molar refractivity (Wildman–Crippen MR) is 102 cm³/mol. The van der Waals surface area contributed by atoms with E-state index in [1.165, 1.54) is 30.4 Å². The topological polar surface area (TPSA) is 98.5 Å². The molecule has 0 amide bonds. The van der Waals surface area contributed by atoms with Crippen LogP contribution in [0.1, 0.15) is 11.1 Å². The second kappa shape index (κ2) is 6.24. The van der Waals surface area contributed by atoms with Crippen LogP contribution in [-0.4, -0.2) is 20.5 Å². The zero-order chi connectivity index (χ0) is 19.2. The zero-order valence-electron chi connectivity index (χ0n) is 14.4. The number of nitro groups is 1. The van der Waals surface area contributed by atoms with E-state index >= 15 is 0 Å². The molecule has 0 atom stereocenters. The van der Waals surface area contributed by atoms with Crippen LogP contribution in [0.15, 0.2) is 53.4 Å². The summed E-state index contributed by atoms with van der Waals surface area (Å²) in [5.74, 6) is 0.0408. The first kappa shape index (κ1) is 17.3. The van der Waals surface area contributed by atoms with E-state index in [-0.39, 0.29) is 16.3 Å². The van der Waals surface area contributed by atoms with Gasteiger partial charge in [-0.1, -0.05) is 24.3 Å². The van der Waals surface area contributed by atoms with Crippen molar-refractivity contribution in [3.63, 3.8) is 0 Å². The van der Waals surface area contributed by atoms with Crippen molar-refractivity contribution in [2.75, 3.05) is 11.8 Å². The van der Waals surface area contributed by atoms with Crippen LogP contribution in [0.5, 0.6) is 5.75 Å². The Balaban J connectivity index is 1.83. The molecule has 3 aromatic carbocycles. The summed E-state index contributed by atoms with van der Waals surface area (Å²) in [7, 11) is -2.77. The lowest BCUT2D eigenvalue weighted by Crippen LogP contribution is -2.14. The van der Waals surface area contributed by atoms with Gasteiger partial charge in [0.15, 0.2) is 0 Å². The lowest BCUT2D eigenvalue weighted by Gasteiger charge is -2.14. The van der Waals surface area contributed by atoms with Crippen LogP contribution < -0.4 is 9.46 Å². The van der Waals surface area contributed by atoms with Gasteiger partial charge in [0.2, 0.25) is 0 Å². The van der Waals surface area contributed by atoms with Crippen LogP contribution in [0.4, 0.5) is 11.4 Å². The molecule has 0 bridgehead atoms. The van der Waals surface area contributed by atoms with Gasteiger partial charge in [-0.15, -0.1) is 0 Å². The van der Waals surface area contributed by atoms with Gasteiger partial charge in [-0.05, 0) is 41.5 Å². The maximum absolute atomic E-state index is 13.0. The number of methoxy groups -OCH3 is 1. The molecule has 0 heterocycles. The molecule has 8 heteroatoms. The number of benzene rings is 3. The van der Waals surface area contributed by atoms with Crippen LogP contribution in [0.3, 0.4) is 0 Å². The van der Waals surface area contributed by atoms with Crippen molar-refractivity contribution in [2.45, 2.75) is 17.7 Å². The third kappa shape index (κ3) is 2.87. The first-order valence-corrected chi connectivity index (χ1v) is 9.78. The molecule has 0 fully saturated rings. The lowest BCUT2D eigenvalue weighted by atomic mass is 10.0. The average molecular weight is 384 g/mol. The second-order valence-electron chi connectivity index (χ2n) is 6.31. The highest BCUT2D eigenvalue weighted by molar-refractivity contribution is 7.92. The van der Waals surface area contributed by atoms with E-state index < -0.39 is 14.9 Å². The van der Waals surface area contributed by atoms with Gasteiger partial charge in [0.1, 0.15) is 10.6 Å². The number of non-ortho nitro benzene ring substituents is 1. The molecule has 0 spiro atoms. The largest absolute Gasteiger partial charge is 0.495 e. The third-order valence-electron chi connectivity index (χ3n) is 4.77. The number of rotatable bonds is 5. The highest BCUT2D eigenvalue weighted by Crippen LogP contribution is 2.37. The van der Waals surface area contributed by atoms with Crippen molar-refractivity contribution in [2.24, 2.45) is 0 Å². The minimum atomic E-state index is -4.09. The van der Waals surface area contributed by atoms with Crippen LogP contribution in [0, 0.1) is 10.1 Å². The average Bonchev–Trinajstić information content (AvgIpc) is 3.08. The fraction of sp³-hybridized carbons (Fsp3) is 0.158. The summed E-state index contributed by atoms with van der Waals surface area (Å²) in [4.78, 5) is 10.1. The van der Waals surface area contributed by atoms with E-state index in [0.717, 1.165) is 29.7 Å². The molecule has 1 N–H and O–H groups in total. The van der Waals surface area contributed by atoms with Gasteiger partial charge in [0, 0.05) is 17.5 Å². The molecule has 7 nitrogen and oxygen atoms in total. The summed E-state index contributed by atoms with van der Waals surface area (Å²) in [5, 5.41) is 12.9. The number of nitro benzene ring substituents is 1. The van der Waals surface area contributed by atoms with Crippen LogP contribution in [0.2, 0.25) is 0 Å². The molecule has 0 aromatic heterocycles. The normalized spacial score (nSPS) is 12.9. The summed E-state index contributed by atoms with van der Waals surface area (Å²) in [6.45, 7) is 0. The Hall–Kier alpha value is -3.13. The quantitative estimate of drug-likeness (QED) is 0.535. The standard InChI is InChI=1S/C19H16N2O5S/c1-26-17-10-8-14(21(22)23)11-18(17)27(24,25)20-16-9-7-13-6-5-12-3-2-4-15(16)19(12)13/h2-4,7-11,20H,5-6H2,1H3. The van der Waals surface area contributed by atoms with E-state index in [0.29, 0.717) is 5.69 Å². The summed E-state index contributed by atoms with van der Waals surface area (Å²) in [6.07, 6.45) is 1.86. The number of nitrogens with zero attached hydrogens (tertiary/aromatic N) is 1. The Bertz CT molecular complexity index is 1180. The third-order valence-corrected chi connectivity index (χ3v) is 6.16. The molecule has 1 aliphatic rings. The number of sulfonamides is 1. The Labute approximate surface area is 155 Å². The molecule has 0 aliphatic heterocycles. The molecule has 4 rings (SSSR count). The van der Waals surface area contributed by atoms with Crippen LogP contribution in [0.25, 0.3) is 10.8 Å². The number of ether oxygens (including phenoxy) is 1. The maximum atomic E-state index is 13.0. The maximum Gasteiger partial charge on any atom is 0.271 e. The van der Waals surface area contributed by atoms with Gasteiger partial charge >= 0.3 is 0 Å². The molecule has 0 saturated carbocycles. The van der Waals surface area contributed by atoms with E-state index in [1.54, 1.807) is 6.07 Å². The van der Waals surface area contributed by atoms with Crippen molar-refractivity contribution in [1.29, 1.82) is 0 Å². The summed E-state index contributed by atoms with van der Waals surface area (Å²) in [5.41, 5.74) is 2.50. The first-order valence-electron chi connectivity index (χ1n) is 8.29. The predicted octanol–water partition coefficient (Wildman–Crippen LogP) is 3.66. The van der Waals surface area contributed by atoms with Crippen LogP contribution >= 0.6 is 0 Å². The summed E-state index contributed by atoms with van der Waals surface area (Å²) < 4.78 is 33.6. The summed E-state index contributed by atoms with van der Waals surface area (Å²) >= 11 is 0. The molecule has 0 radical (unpaired) electrons. The Morgan fingerprint density at radius 2 is 1.81 bits per heavy atom. The second-order valence-corrected chi connectivity index (χ2v) is 7.96. The van der Waals surface area contributed by atoms with Crippen LogP contribution in [-0.2, 0) is 22.9 Å². The highest BCUT2D eigenvalue weighted by atomic mass is 32.2. The van der Waals surface area contributed by atoms with E-state index in [2.05, 4.69) is 4.72 Å². The number of hydrogen-bond donors (Lipinski definition) is 1. The fourth-order valence-electron chi connectivity index (χ4n) is 3.52. The van der Waals surface area contributed by atoms with Gasteiger partial charge < -0.3 is 4.74 Å². The van der Waals surface area contributed by atoms with E-state index in [9.17, 15) is 18.5 Å². The van der Waals surface area contributed by atoms with Gasteiger partial charge in [-0.3, -0.25) is 14.8 Å². The Morgan fingerprint density at radius 1 is 1.07 bits per heavy atom. The number of nitrogens with one attached hydrogen (secondary N) is 1. The molecule has 3 aromatic rings. The van der Waals surface area contributed by atoms with Gasteiger partial charge in [0.25, 0.3) is 15.7 Å². The SMILES string of the molecule is COc1ccc([N+](=O)[O-])cc1S(=O)(=O)Nc1ccc2c3c(cccc13)CC2. The molecule has 1 aliphatic carbocycles. The molecule has 27 heavy (non-hydrogen) atoms. The minimum Gasteiger partial charge on any atom is -0.495 e. The van der Waals surface area contributed by atoms with Crippen molar-refractivity contribution in [3.8, 4) is 5.75 Å². The van der Waals surface area contributed by atoms with Crippen molar-refractivity contribution >= 4 is 32.2 Å². The molecule has 0 unspecified atom stereocenters. The Morgan fingerprint density at radius 3 is 2.52 bits per heavy atom. The first-order chi connectivity index (χ1) is 12.9. The molecular formula is C19H16N2O5S. The van der Waals surface area contributed by atoms with Gasteiger partial charge in [-0.25, -0.2) is 8.42 Å². The molecule has 0 saturated heterocycles. The molecule has 138 valence electrons. The summed E-state index contributed by atoms with van der Waals surface area (Å²) in [6, 6.07) is 12.9. The highest BCUT2D eigenvalue weighted by Gasteiger charge is 2.25. The minimum absolute atomic E-state index is 0.0408. The number of aryl methyl sites for hydroxylation is 2. The fourth-order valence-corrected chi connectivity index (χ4v) is 4.79. The number of anilines is 1. The zero-order valence-corrected chi connectivity index (χ0v) is 15.2. The monoisotopic (exact) mass is 384 g/mol. The van der Waals surface area contributed by atoms with E-state index in [1.807, 2.05) is 24.3 Å². The van der Waals surface area contributed by atoms with Crippen molar-refractivity contribution < 1.29 is 18.1 Å². The lowest BCUT2D eigenvalue weighted by molar-refractivity contribution is -0.385. The van der Waals surface area contributed by atoms with Crippen molar-refractivity contribution in [1.82, 2.24) is 0 Å². The van der Waals surface area contributed by atoms with Gasteiger partial charge in [-0.2, -0.15) is 0 Å². The Kier molecular flexibility index (Phi) is 4.00. The van der Waals surface area contributed by atoms with E-state index in [4.69, 9.17) is 4.74 Å². The van der Waals surface area contributed by atoms with Crippen molar-refractivity contribution in [3.05, 3.63) is 69.8 Å². The number of hydrogen-bond acceptors (Lipinski definition) is 5. The van der Waals surface area contributed by atoms with Gasteiger partial charge in [0.05, 0.1) is 17.7 Å². The smallest absolute Gasteiger partial charge is 0.271 e. The molecular weight excluding hydrogens is 368 g/mol.